The zero-order chi connectivity index (χ0) is 15.9. The first-order chi connectivity index (χ1) is 10.6. The molecule has 4 nitrogen and oxygen atoms in total. The summed E-state index contributed by atoms with van der Waals surface area (Å²) in [5.41, 5.74) is 2.27. The number of thiol groups is 1. The summed E-state index contributed by atoms with van der Waals surface area (Å²) in [6.45, 7) is 3.67. The second-order valence-electron chi connectivity index (χ2n) is 5.45. The van der Waals surface area contributed by atoms with Gasteiger partial charge < -0.3 is 5.32 Å². The Hall–Kier alpha value is -1.01. The average Bonchev–Trinajstić information content (AvgIpc) is 2.97. The quantitative estimate of drug-likeness (QED) is 0.697. The lowest BCUT2D eigenvalue weighted by Gasteiger charge is -2.26. The molecule has 22 heavy (non-hydrogen) atoms. The first kappa shape index (κ1) is 17.3. The molecule has 0 radical (unpaired) electrons. The van der Waals surface area contributed by atoms with Crippen LogP contribution in [0.2, 0.25) is 0 Å². The number of nitrogens with one attached hydrogen (secondary N) is 1. The molecule has 6 heteroatoms. The van der Waals surface area contributed by atoms with E-state index in [1.54, 1.807) is 0 Å². The Kier molecular flexibility index (Phi) is 6.76. The van der Waals surface area contributed by atoms with Gasteiger partial charge in [-0.2, -0.15) is 5.10 Å². The van der Waals surface area contributed by atoms with Crippen LogP contribution >= 0.6 is 28.6 Å². The predicted octanol–water partition coefficient (Wildman–Crippen LogP) is 4.06. The van der Waals surface area contributed by atoms with E-state index in [0.29, 0.717) is 6.54 Å². The van der Waals surface area contributed by atoms with E-state index in [1.165, 1.54) is 0 Å². The Morgan fingerprint density at radius 2 is 2.36 bits per heavy atom. The molecule has 0 fully saturated rings. The predicted molar refractivity (Wildman–Crippen MR) is 97.7 cm³/mol. The van der Waals surface area contributed by atoms with Crippen molar-refractivity contribution in [1.29, 1.82) is 0 Å². The largest absolute Gasteiger partial charge is 0.345 e. The van der Waals surface area contributed by atoms with Crippen LogP contribution in [0.25, 0.3) is 0 Å². The molecule has 1 heterocycles. The van der Waals surface area contributed by atoms with Crippen molar-refractivity contribution in [2.24, 2.45) is 5.10 Å². The minimum absolute atomic E-state index is 0.237. The minimum atomic E-state index is -0.281. The van der Waals surface area contributed by atoms with Crippen LogP contribution in [0.4, 0.5) is 4.79 Å². The number of benzene rings is 1. The highest BCUT2D eigenvalue weighted by Crippen LogP contribution is 2.21. The Bertz CT molecular complexity index is 550. The molecule has 1 N–H and O–H groups in total. The van der Waals surface area contributed by atoms with Gasteiger partial charge in [-0.15, -0.1) is 0 Å². The Morgan fingerprint density at radius 3 is 3.05 bits per heavy atom. The van der Waals surface area contributed by atoms with Gasteiger partial charge >= 0.3 is 0 Å². The van der Waals surface area contributed by atoms with Crippen LogP contribution < -0.4 is 5.32 Å². The summed E-state index contributed by atoms with van der Waals surface area (Å²) in [6.07, 6.45) is 4.24. The summed E-state index contributed by atoms with van der Waals surface area (Å²) in [6, 6.07) is 8.46. The molecule has 1 aromatic rings. The van der Waals surface area contributed by atoms with Gasteiger partial charge in [0.05, 0.1) is 11.8 Å². The lowest BCUT2D eigenvalue weighted by atomic mass is 10.1. The van der Waals surface area contributed by atoms with Crippen LogP contribution in [0.15, 0.2) is 33.8 Å². The molecule has 0 aliphatic carbocycles. The molecule has 0 saturated carbocycles. The van der Waals surface area contributed by atoms with Crippen molar-refractivity contribution in [3.8, 4) is 0 Å². The standard InChI is InChI=1S/C16H22BrN3OS/c1-2-3-7-14(11-18-16(21)22)20-9-8-15(19-20)12-5-4-6-13(17)10-12/h4-6,10,14H,2-3,7-9,11H2,1H3,(H2,18,21,22). The third-order valence-corrected chi connectivity index (χ3v) is 4.44. The highest BCUT2D eigenvalue weighted by molar-refractivity contribution is 9.10. The summed E-state index contributed by atoms with van der Waals surface area (Å²) in [5.74, 6) is 0. The molecule has 1 atom stereocenters. The number of carbonyl (C=O) groups excluding carboxylic acids is 1. The van der Waals surface area contributed by atoms with E-state index in [9.17, 15) is 4.79 Å². The van der Waals surface area contributed by atoms with Crippen LogP contribution in [0.1, 0.15) is 38.2 Å². The first-order valence-electron chi connectivity index (χ1n) is 7.67. The maximum absolute atomic E-state index is 11.1. The van der Waals surface area contributed by atoms with Crippen molar-refractivity contribution in [1.82, 2.24) is 10.3 Å². The Labute approximate surface area is 145 Å². The number of hydrazone groups is 1. The third kappa shape index (κ3) is 5.02. The smallest absolute Gasteiger partial charge is 0.276 e. The highest BCUT2D eigenvalue weighted by atomic mass is 79.9. The number of amides is 1. The zero-order valence-electron chi connectivity index (χ0n) is 12.8. The van der Waals surface area contributed by atoms with E-state index in [1.807, 2.05) is 12.1 Å². The van der Waals surface area contributed by atoms with Gasteiger partial charge in [-0.05, 0) is 24.1 Å². The highest BCUT2D eigenvalue weighted by Gasteiger charge is 2.23. The number of hydrogen-bond donors (Lipinski definition) is 2. The average molecular weight is 384 g/mol. The van der Waals surface area contributed by atoms with Gasteiger partial charge in [0.1, 0.15) is 0 Å². The molecule has 0 saturated heterocycles. The summed E-state index contributed by atoms with van der Waals surface area (Å²) >= 11 is 7.29. The molecule has 0 bridgehead atoms. The van der Waals surface area contributed by atoms with Gasteiger partial charge in [0, 0.05) is 24.0 Å². The van der Waals surface area contributed by atoms with Crippen LogP contribution in [-0.2, 0) is 0 Å². The van der Waals surface area contributed by atoms with E-state index in [4.69, 9.17) is 5.10 Å². The molecular formula is C16H22BrN3OS. The number of hydrogen-bond acceptors (Lipinski definition) is 3. The lowest BCUT2D eigenvalue weighted by Crippen LogP contribution is -2.39. The minimum Gasteiger partial charge on any atom is -0.345 e. The fourth-order valence-electron chi connectivity index (χ4n) is 2.61. The van der Waals surface area contributed by atoms with Gasteiger partial charge in [-0.3, -0.25) is 9.80 Å². The van der Waals surface area contributed by atoms with Crippen molar-refractivity contribution in [2.45, 2.75) is 38.6 Å². The number of rotatable bonds is 7. The topological polar surface area (TPSA) is 44.7 Å². The molecule has 1 aliphatic heterocycles. The van der Waals surface area contributed by atoms with Gasteiger partial charge in [0.25, 0.3) is 5.24 Å². The van der Waals surface area contributed by atoms with E-state index >= 15 is 0 Å². The van der Waals surface area contributed by atoms with Crippen molar-refractivity contribution in [3.05, 3.63) is 34.3 Å². The normalized spacial score (nSPS) is 15.6. The zero-order valence-corrected chi connectivity index (χ0v) is 15.2. The number of halogens is 1. The number of unbranched alkanes of at least 4 members (excludes halogenated alkanes) is 1. The Morgan fingerprint density at radius 1 is 1.55 bits per heavy atom. The van der Waals surface area contributed by atoms with E-state index in [2.05, 4.69) is 57.9 Å². The van der Waals surface area contributed by atoms with Crippen LogP contribution in [0.3, 0.4) is 0 Å². The fraction of sp³-hybridized carbons (Fsp3) is 0.500. The van der Waals surface area contributed by atoms with Crippen molar-refractivity contribution in [3.63, 3.8) is 0 Å². The van der Waals surface area contributed by atoms with Crippen LogP contribution in [-0.4, -0.2) is 35.1 Å². The molecule has 0 aromatic heterocycles. The van der Waals surface area contributed by atoms with Crippen LogP contribution in [0, 0.1) is 0 Å². The molecule has 1 aliphatic rings. The molecule has 1 unspecified atom stereocenters. The number of carbonyl (C=O) groups is 1. The lowest BCUT2D eigenvalue weighted by molar-refractivity contribution is 0.205. The van der Waals surface area contributed by atoms with Gasteiger partial charge in [-0.25, -0.2) is 0 Å². The SMILES string of the molecule is CCCCC(CNC(=O)S)N1CCC(c2cccc(Br)c2)=N1. The van der Waals surface area contributed by atoms with Crippen molar-refractivity contribution >= 4 is 39.5 Å². The maximum atomic E-state index is 11.1. The molecule has 0 spiro atoms. The summed E-state index contributed by atoms with van der Waals surface area (Å²) in [4.78, 5) is 11.1. The molecule has 1 aromatic carbocycles. The molecule has 120 valence electrons. The van der Waals surface area contributed by atoms with Gasteiger partial charge in [0.15, 0.2) is 0 Å². The van der Waals surface area contributed by atoms with Gasteiger partial charge in [0.2, 0.25) is 0 Å². The first-order valence-corrected chi connectivity index (χ1v) is 8.91. The molecular weight excluding hydrogens is 362 g/mol. The van der Waals surface area contributed by atoms with E-state index in [0.717, 1.165) is 48.0 Å². The van der Waals surface area contributed by atoms with Crippen LogP contribution in [0.5, 0.6) is 0 Å². The van der Waals surface area contributed by atoms with Gasteiger partial charge in [-0.1, -0.05) is 60.5 Å². The van der Waals surface area contributed by atoms with E-state index in [-0.39, 0.29) is 11.3 Å². The second-order valence-corrected chi connectivity index (χ2v) is 6.77. The monoisotopic (exact) mass is 383 g/mol. The summed E-state index contributed by atoms with van der Waals surface area (Å²) < 4.78 is 1.07. The number of nitrogens with zero attached hydrogens (tertiary/aromatic N) is 2. The molecule has 2 rings (SSSR count). The Balaban J connectivity index is 2.07. The van der Waals surface area contributed by atoms with Crippen molar-refractivity contribution in [2.75, 3.05) is 13.1 Å². The fourth-order valence-corrected chi connectivity index (χ4v) is 3.10. The maximum Gasteiger partial charge on any atom is 0.276 e. The summed E-state index contributed by atoms with van der Waals surface area (Å²) in [7, 11) is 0. The van der Waals surface area contributed by atoms with Crippen molar-refractivity contribution < 1.29 is 4.79 Å². The third-order valence-electron chi connectivity index (χ3n) is 3.79. The summed E-state index contributed by atoms with van der Waals surface area (Å²) in [5, 5.41) is 9.43. The molecule has 1 amide bonds. The second kappa shape index (κ2) is 8.58. The van der Waals surface area contributed by atoms with E-state index < -0.39 is 0 Å².